The molecule has 6 heteroatoms. The fourth-order valence-corrected chi connectivity index (χ4v) is 2.57. The first-order chi connectivity index (χ1) is 10.6. The van der Waals surface area contributed by atoms with Gasteiger partial charge < -0.3 is 14.2 Å². The summed E-state index contributed by atoms with van der Waals surface area (Å²) in [5, 5.41) is 0.659. The van der Waals surface area contributed by atoms with Crippen molar-refractivity contribution in [1.82, 2.24) is 4.98 Å². The number of rotatable bonds is 2. The molecule has 0 amide bonds. The van der Waals surface area contributed by atoms with Gasteiger partial charge in [-0.05, 0) is 24.6 Å². The van der Waals surface area contributed by atoms with E-state index in [0.29, 0.717) is 23.1 Å². The molecule has 0 saturated carbocycles. The number of benzene rings is 1. The molecule has 1 aromatic heterocycles. The molecule has 113 valence electrons. The van der Waals surface area contributed by atoms with Gasteiger partial charge in [-0.15, -0.1) is 0 Å². The van der Waals surface area contributed by atoms with Crippen LogP contribution in [0.4, 0.5) is 4.79 Å². The van der Waals surface area contributed by atoms with E-state index in [1.54, 1.807) is 25.3 Å². The van der Waals surface area contributed by atoms with E-state index < -0.39 is 6.16 Å². The van der Waals surface area contributed by atoms with E-state index in [9.17, 15) is 4.79 Å². The fourth-order valence-electron chi connectivity index (χ4n) is 2.45. The van der Waals surface area contributed by atoms with Crippen LogP contribution in [0.3, 0.4) is 0 Å². The second-order valence-electron chi connectivity index (χ2n) is 4.85. The van der Waals surface area contributed by atoms with Gasteiger partial charge in [0.1, 0.15) is 13.2 Å². The smallest absolute Gasteiger partial charge is 0.430 e. The molecule has 3 rings (SSSR count). The van der Waals surface area contributed by atoms with Crippen LogP contribution in [0.5, 0.6) is 5.75 Å². The Hall–Kier alpha value is -2.11. The van der Waals surface area contributed by atoms with E-state index in [2.05, 4.69) is 16.8 Å². The van der Waals surface area contributed by atoms with Crippen LogP contribution in [0.1, 0.15) is 28.5 Å². The van der Waals surface area contributed by atoms with Crippen molar-refractivity contribution in [3.8, 4) is 5.75 Å². The first-order valence-corrected chi connectivity index (χ1v) is 6.97. The lowest BCUT2D eigenvalue weighted by Gasteiger charge is -2.13. The van der Waals surface area contributed by atoms with Gasteiger partial charge in [-0.25, -0.2) is 4.79 Å². The number of fused-ring (bicyclic) bond motifs is 1. The Morgan fingerprint density at radius 3 is 2.82 bits per heavy atom. The number of aryl methyl sites for hydroxylation is 1. The van der Waals surface area contributed by atoms with E-state index in [-0.39, 0.29) is 6.10 Å². The summed E-state index contributed by atoms with van der Waals surface area (Å²) < 4.78 is 15.3. The molecule has 5 nitrogen and oxygen atoms in total. The number of carbonyl (C=O) groups is 1. The maximum Gasteiger partial charge on any atom is 0.514 e. The Bertz CT molecular complexity index is 715. The molecular weight excluding hydrogens is 306 g/mol. The highest BCUT2D eigenvalue weighted by Gasteiger charge is 2.30. The van der Waals surface area contributed by atoms with Gasteiger partial charge in [-0.2, -0.15) is 0 Å². The second-order valence-corrected chi connectivity index (χ2v) is 5.28. The van der Waals surface area contributed by atoms with Crippen molar-refractivity contribution in [1.29, 1.82) is 0 Å². The third kappa shape index (κ3) is 2.65. The Morgan fingerprint density at radius 1 is 1.41 bits per heavy atom. The molecule has 1 atom stereocenters. The van der Waals surface area contributed by atoms with Crippen LogP contribution in [0.15, 0.2) is 30.5 Å². The predicted octanol–water partition coefficient (Wildman–Crippen LogP) is 3.97. The van der Waals surface area contributed by atoms with Gasteiger partial charge in [0.15, 0.2) is 5.75 Å². The summed E-state index contributed by atoms with van der Waals surface area (Å²) >= 11 is 5.91. The van der Waals surface area contributed by atoms with Crippen LogP contribution in [-0.2, 0) is 16.1 Å². The lowest BCUT2D eigenvalue weighted by atomic mass is 10.0. The lowest BCUT2D eigenvalue weighted by Crippen LogP contribution is -2.10. The normalized spacial score (nSPS) is 16.2. The number of hydrogen-bond acceptors (Lipinski definition) is 5. The van der Waals surface area contributed by atoms with Crippen LogP contribution in [0.25, 0.3) is 0 Å². The molecule has 1 radical (unpaired) electrons. The van der Waals surface area contributed by atoms with Crippen LogP contribution < -0.4 is 4.74 Å². The van der Waals surface area contributed by atoms with Crippen LogP contribution in [-0.4, -0.2) is 11.1 Å². The second kappa shape index (κ2) is 5.94. The van der Waals surface area contributed by atoms with Gasteiger partial charge >= 0.3 is 6.16 Å². The minimum Gasteiger partial charge on any atom is -0.430 e. The monoisotopic (exact) mass is 318 g/mol. The summed E-state index contributed by atoms with van der Waals surface area (Å²) in [6, 6.07) is 7.40. The number of nitrogens with zero attached hydrogens (tertiary/aromatic N) is 1. The molecular formula is C16H13ClNO4. The highest BCUT2D eigenvalue weighted by molar-refractivity contribution is 6.30. The number of aromatic nitrogens is 1. The molecule has 0 spiro atoms. The quantitative estimate of drug-likeness (QED) is 0.784. The number of halogens is 1. The minimum atomic E-state index is -0.881. The van der Waals surface area contributed by atoms with Crippen LogP contribution in [0, 0.1) is 14.0 Å². The Labute approximate surface area is 132 Å². The molecule has 0 saturated heterocycles. The van der Waals surface area contributed by atoms with Crippen molar-refractivity contribution in [3.63, 3.8) is 0 Å². The van der Waals surface area contributed by atoms with Gasteiger partial charge in [-0.1, -0.05) is 23.7 Å². The van der Waals surface area contributed by atoms with Crippen molar-refractivity contribution in [2.75, 3.05) is 0 Å². The molecule has 1 aliphatic heterocycles. The number of carbonyl (C=O) groups excluding carboxylic acids is 1. The van der Waals surface area contributed by atoms with Gasteiger partial charge in [-0.3, -0.25) is 4.98 Å². The van der Waals surface area contributed by atoms with Crippen molar-refractivity contribution < 1.29 is 19.0 Å². The van der Waals surface area contributed by atoms with E-state index in [0.717, 1.165) is 16.7 Å². The van der Waals surface area contributed by atoms with Crippen LogP contribution in [0.2, 0.25) is 5.02 Å². The summed E-state index contributed by atoms with van der Waals surface area (Å²) in [7, 11) is 3.04. The summed E-state index contributed by atoms with van der Waals surface area (Å²) in [6.07, 6.45) is 0.589. The summed E-state index contributed by atoms with van der Waals surface area (Å²) in [5.74, 6) is 0.364. The Balaban J connectivity index is 1.99. The van der Waals surface area contributed by atoms with Crippen molar-refractivity contribution in [3.05, 3.63) is 65.0 Å². The molecule has 0 N–H and O–H groups in total. The summed E-state index contributed by atoms with van der Waals surface area (Å²) in [5.41, 5.74) is 3.20. The van der Waals surface area contributed by atoms with E-state index in [1.807, 2.05) is 12.1 Å². The molecule has 0 fully saturated rings. The number of ether oxygens (including phenoxy) is 3. The molecule has 0 unspecified atom stereocenters. The maximum atomic E-state index is 11.3. The molecule has 0 aliphatic carbocycles. The summed E-state index contributed by atoms with van der Waals surface area (Å²) in [6.45, 7) is 2.08. The van der Waals surface area contributed by atoms with Gasteiger partial charge in [0.25, 0.3) is 0 Å². The zero-order valence-corrected chi connectivity index (χ0v) is 12.6. The molecule has 2 heterocycles. The first kappa shape index (κ1) is 14.8. The molecule has 0 bridgehead atoms. The van der Waals surface area contributed by atoms with Crippen LogP contribution >= 0.6 is 11.6 Å². The van der Waals surface area contributed by atoms with E-state index in [1.165, 1.54) is 0 Å². The lowest BCUT2D eigenvalue weighted by molar-refractivity contribution is 0.0924. The van der Waals surface area contributed by atoms with Gasteiger partial charge in [0, 0.05) is 22.3 Å². The van der Waals surface area contributed by atoms with Gasteiger partial charge in [0.2, 0.25) is 0 Å². The third-order valence-corrected chi connectivity index (χ3v) is 3.75. The predicted molar refractivity (Wildman–Crippen MR) is 79.5 cm³/mol. The minimum absolute atomic E-state index is 0.265. The Kier molecular flexibility index (Phi) is 4.00. The van der Waals surface area contributed by atoms with Gasteiger partial charge in [0.05, 0.1) is 12.3 Å². The molecule has 2 aromatic rings. The molecule has 1 aliphatic rings. The average Bonchev–Trinajstić information content (AvgIpc) is 2.95. The zero-order chi connectivity index (χ0) is 15.7. The zero-order valence-electron chi connectivity index (χ0n) is 11.8. The maximum absolute atomic E-state index is 11.3. The highest BCUT2D eigenvalue weighted by Crippen LogP contribution is 2.41. The molecule has 22 heavy (non-hydrogen) atoms. The SMILES string of the molecule is [CH2]OC(=O)Oc1c(C)ncc2c1CO[C@H]2c1ccc(Cl)cc1. The standard InChI is InChI=1S/C16H13ClNO4/c1-9-14(22-16(19)20-2)13-8-21-15(12(13)7-18-9)10-3-5-11(17)6-4-10/h3-7,15H,2,8H2,1H3/t15-/m0/s1. The fraction of sp³-hybridized carbons (Fsp3) is 0.188. The van der Waals surface area contributed by atoms with E-state index >= 15 is 0 Å². The highest BCUT2D eigenvalue weighted by atomic mass is 35.5. The van der Waals surface area contributed by atoms with Crippen molar-refractivity contribution in [2.45, 2.75) is 19.6 Å². The van der Waals surface area contributed by atoms with E-state index in [4.69, 9.17) is 21.1 Å². The van der Waals surface area contributed by atoms with Crippen molar-refractivity contribution >= 4 is 17.8 Å². The topological polar surface area (TPSA) is 57.7 Å². The molecule has 1 aromatic carbocycles. The number of hydrogen-bond donors (Lipinski definition) is 0. The average molecular weight is 319 g/mol. The Morgan fingerprint density at radius 2 is 2.14 bits per heavy atom. The largest absolute Gasteiger partial charge is 0.514 e. The number of pyridine rings is 1. The summed E-state index contributed by atoms with van der Waals surface area (Å²) in [4.78, 5) is 15.6. The third-order valence-electron chi connectivity index (χ3n) is 3.50. The van der Waals surface area contributed by atoms with Crippen molar-refractivity contribution in [2.24, 2.45) is 0 Å². The first-order valence-electron chi connectivity index (χ1n) is 6.59.